The summed E-state index contributed by atoms with van der Waals surface area (Å²) in [5, 5.41) is 0. The summed E-state index contributed by atoms with van der Waals surface area (Å²) >= 11 is 0. The number of ether oxygens (including phenoxy) is 1. The second-order valence-electron chi connectivity index (χ2n) is 7.38. The van der Waals surface area contributed by atoms with Gasteiger partial charge in [0.2, 0.25) is 0 Å². The molecule has 0 N–H and O–H groups in total. The zero-order chi connectivity index (χ0) is 17.9. The molecule has 1 atom stereocenters. The molecule has 0 radical (unpaired) electrons. The van der Waals surface area contributed by atoms with Gasteiger partial charge in [-0.1, -0.05) is 17.7 Å². The number of benzene rings is 2. The van der Waals surface area contributed by atoms with Crippen LogP contribution in [0, 0.1) is 6.92 Å². The molecule has 2 aliphatic rings. The van der Waals surface area contributed by atoms with Gasteiger partial charge in [0, 0.05) is 24.7 Å². The van der Waals surface area contributed by atoms with Crippen molar-refractivity contribution in [2.45, 2.75) is 32.2 Å². The van der Waals surface area contributed by atoms with E-state index in [0.717, 1.165) is 36.6 Å². The van der Waals surface area contributed by atoms with Crippen LogP contribution in [0.4, 0.5) is 0 Å². The van der Waals surface area contributed by atoms with Gasteiger partial charge in [0.05, 0.1) is 0 Å². The largest absolute Gasteiger partial charge is 0.457 e. The Hall–Kier alpha value is -2.33. The molecule has 4 rings (SSSR count). The lowest BCUT2D eigenvalue weighted by Crippen LogP contribution is -2.37. The smallest absolute Gasteiger partial charge is 0.253 e. The molecule has 2 heterocycles. The van der Waals surface area contributed by atoms with Crippen molar-refractivity contribution in [2.24, 2.45) is 0 Å². The molecule has 1 amide bonds. The zero-order valence-corrected chi connectivity index (χ0v) is 15.4. The first-order valence-corrected chi connectivity index (χ1v) is 9.57. The van der Waals surface area contributed by atoms with Gasteiger partial charge in [0.25, 0.3) is 5.91 Å². The van der Waals surface area contributed by atoms with Crippen molar-refractivity contribution in [3.8, 4) is 11.5 Å². The summed E-state index contributed by atoms with van der Waals surface area (Å²) in [6.07, 6.45) is 3.69. The predicted octanol–water partition coefficient (Wildman–Crippen LogP) is 4.10. The number of likely N-dealkylation sites (tertiary alicyclic amines) is 2. The Bertz CT molecular complexity index is 749. The van der Waals surface area contributed by atoms with Crippen LogP contribution >= 0.6 is 0 Å². The second-order valence-corrected chi connectivity index (χ2v) is 7.38. The molecule has 2 saturated heterocycles. The summed E-state index contributed by atoms with van der Waals surface area (Å²) < 4.78 is 5.85. The Morgan fingerprint density at radius 1 is 0.923 bits per heavy atom. The quantitative estimate of drug-likeness (QED) is 0.832. The van der Waals surface area contributed by atoms with Crippen molar-refractivity contribution in [2.75, 3.05) is 26.2 Å². The molecule has 0 saturated carbocycles. The van der Waals surface area contributed by atoms with E-state index in [0.29, 0.717) is 6.04 Å². The molecule has 4 nitrogen and oxygen atoms in total. The third-order valence-corrected chi connectivity index (χ3v) is 5.47. The minimum Gasteiger partial charge on any atom is -0.457 e. The molecular weight excluding hydrogens is 324 g/mol. The summed E-state index contributed by atoms with van der Waals surface area (Å²) in [6, 6.07) is 16.0. The lowest BCUT2D eigenvalue weighted by atomic mass is 10.2. The highest BCUT2D eigenvalue weighted by Crippen LogP contribution is 2.24. The summed E-state index contributed by atoms with van der Waals surface area (Å²) in [5.41, 5.74) is 1.94. The third kappa shape index (κ3) is 3.75. The minimum atomic E-state index is 0.133. The van der Waals surface area contributed by atoms with Crippen molar-refractivity contribution in [1.29, 1.82) is 0 Å². The Balaban J connectivity index is 1.37. The first kappa shape index (κ1) is 17.1. The van der Waals surface area contributed by atoms with Crippen molar-refractivity contribution >= 4 is 5.91 Å². The second kappa shape index (κ2) is 7.50. The number of amides is 1. The maximum atomic E-state index is 12.8. The van der Waals surface area contributed by atoms with E-state index in [4.69, 9.17) is 4.74 Å². The molecular formula is C22H26N2O2. The topological polar surface area (TPSA) is 32.8 Å². The highest BCUT2D eigenvalue weighted by Gasteiger charge is 2.31. The van der Waals surface area contributed by atoms with Crippen molar-refractivity contribution in [3.63, 3.8) is 0 Å². The summed E-state index contributed by atoms with van der Waals surface area (Å²) in [7, 11) is 0. The Kier molecular flexibility index (Phi) is 4.93. The number of aryl methyl sites for hydroxylation is 1. The SMILES string of the molecule is Cc1ccc(Oc2ccc(C(=O)N3CC[C@H](N4CCCC4)C3)cc2)cc1. The molecule has 2 fully saturated rings. The fourth-order valence-corrected chi connectivity index (χ4v) is 3.92. The third-order valence-electron chi connectivity index (χ3n) is 5.47. The van der Waals surface area contributed by atoms with E-state index >= 15 is 0 Å². The van der Waals surface area contributed by atoms with E-state index in [1.165, 1.54) is 31.5 Å². The summed E-state index contributed by atoms with van der Waals surface area (Å²) in [6.45, 7) is 6.16. The summed E-state index contributed by atoms with van der Waals surface area (Å²) in [5.74, 6) is 1.69. The van der Waals surface area contributed by atoms with E-state index in [2.05, 4.69) is 11.8 Å². The average Bonchev–Trinajstić information content (AvgIpc) is 3.35. The molecule has 0 aromatic heterocycles. The number of hydrogen-bond acceptors (Lipinski definition) is 3. The standard InChI is InChI=1S/C22H26N2O2/c1-17-4-8-20(9-5-17)26-21-10-6-18(7-11-21)22(25)24-15-12-19(16-24)23-13-2-3-14-23/h4-11,19H,2-3,12-16H2,1H3/t19-/m0/s1. The van der Waals surface area contributed by atoms with Crippen LogP contribution in [0.15, 0.2) is 48.5 Å². The molecule has 2 aromatic rings. The Labute approximate surface area is 155 Å². The Morgan fingerprint density at radius 2 is 1.54 bits per heavy atom. The van der Waals surface area contributed by atoms with Gasteiger partial charge in [-0.15, -0.1) is 0 Å². The van der Waals surface area contributed by atoms with E-state index in [1.807, 2.05) is 53.4 Å². The average molecular weight is 350 g/mol. The van der Waals surface area contributed by atoms with Gasteiger partial charge in [-0.05, 0) is 75.7 Å². The molecule has 0 bridgehead atoms. The highest BCUT2D eigenvalue weighted by atomic mass is 16.5. The summed E-state index contributed by atoms with van der Waals surface area (Å²) in [4.78, 5) is 17.3. The van der Waals surface area contributed by atoms with Gasteiger partial charge < -0.3 is 9.64 Å². The first-order chi connectivity index (χ1) is 12.7. The van der Waals surface area contributed by atoms with Crippen molar-refractivity contribution in [3.05, 3.63) is 59.7 Å². The number of carbonyl (C=O) groups excluding carboxylic acids is 1. The van der Waals surface area contributed by atoms with E-state index < -0.39 is 0 Å². The van der Waals surface area contributed by atoms with Crippen LogP contribution in [0.2, 0.25) is 0 Å². The number of rotatable bonds is 4. The van der Waals surface area contributed by atoms with Gasteiger partial charge in [0.15, 0.2) is 0 Å². The zero-order valence-electron chi connectivity index (χ0n) is 15.4. The van der Waals surface area contributed by atoms with Gasteiger partial charge in [-0.25, -0.2) is 0 Å². The highest BCUT2D eigenvalue weighted by molar-refractivity contribution is 5.94. The van der Waals surface area contributed by atoms with Crippen LogP contribution < -0.4 is 4.74 Å². The van der Waals surface area contributed by atoms with Gasteiger partial charge in [0.1, 0.15) is 11.5 Å². The monoisotopic (exact) mass is 350 g/mol. The van der Waals surface area contributed by atoms with Crippen LogP contribution in [-0.2, 0) is 0 Å². The molecule has 0 aliphatic carbocycles. The molecule has 2 aliphatic heterocycles. The normalized spacial score (nSPS) is 20.5. The van der Waals surface area contributed by atoms with Gasteiger partial charge >= 0.3 is 0 Å². The number of nitrogens with zero attached hydrogens (tertiary/aromatic N) is 2. The number of carbonyl (C=O) groups is 1. The predicted molar refractivity (Wildman–Crippen MR) is 103 cm³/mol. The van der Waals surface area contributed by atoms with Gasteiger partial charge in [-0.2, -0.15) is 0 Å². The Morgan fingerprint density at radius 3 is 2.19 bits per heavy atom. The van der Waals surface area contributed by atoms with E-state index in [-0.39, 0.29) is 5.91 Å². The van der Waals surface area contributed by atoms with Crippen LogP contribution in [0.5, 0.6) is 11.5 Å². The molecule has 4 heteroatoms. The maximum Gasteiger partial charge on any atom is 0.253 e. The molecule has 26 heavy (non-hydrogen) atoms. The minimum absolute atomic E-state index is 0.133. The van der Waals surface area contributed by atoms with Crippen molar-refractivity contribution < 1.29 is 9.53 Å². The van der Waals surface area contributed by atoms with Crippen LogP contribution in [0.3, 0.4) is 0 Å². The lowest BCUT2D eigenvalue weighted by Gasteiger charge is -2.23. The molecule has 136 valence electrons. The van der Waals surface area contributed by atoms with Gasteiger partial charge in [-0.3, -0.25) is 9.69 Å². The molecule has 0 unspecified atom stereocenters. The first-order valence-electron chi connectivity index (χ1n) is 9.57. The van der Waals surface area contributed by atoms with Crippen LogP contribution in [-0.4, -0.2) is 47.9 Å². The fraction of sp³-hybridized carbons (Fsp3) is 0.409. The molecule has 2 aromatic carbocycles. The van der Waals surface area contributed by atoms with Crippen LogP contribution in [0.1, 0.15) is 35.2 Å². The van der Waals surface area contributed by atoms with E-state index in [9.17, 15) is 4.79 Å². The fourth-order valence-electron chi connectivity index (χ4n) is 3.92. The molecule has 0 spiro atoms. The maximum absolute atomic E-state index is 12.8. The number of hydrogen-bond donors (Lipinski definition) is 0. The van der Waals surface area contributed by atoms with Crippen molar-refractivity contribution in [1.82, 2.24) is 9.80 Å². The lowest BCUT2D eigenvalue weighted by molar-refractivity contribution is 0.0780. The van der Waals surface area contributed by atoms with Crippen LogP contribution in [0.25, 0.3) is 0 Å². The van der Waals surface area contributed by atoms with E-state index in [1.54, 1.807) is 0 Å².